The van der Waals surface area contributed by atoms with Crippen LogP contribution in [0.25, 0.3) is 11.1 Å². The normalized spacial score (nSPS) is 17.7. The Hall–Kier alpha value is -3.46. The lowest BCUT2D eigenvalue weighted by atomic mass is 9.79. The van der Waals surface area contributed by atoms with E-state index in [9.17, 15) is 19.5 Å². The Morgan fingerprint density at radius 3 is 2.02 bits per heavy atom. The predicted molar refractivity (Wildman–Crippen MR) is 165 cm³/mol. The molecule has 1 saturated heterocycles. The number of carboxylic acid groups (broad SMARTS) is 1. The number of ether oxygens (including phenoxy) is 2. The van der Waals surface area contributed by atoms with Crippen LogP contribution < -0.4 is 4.74 Å². The molecule has 44 heavy (non-hydrogen) atoms. The van der Waals surface area contributed by atoms with E-state index in [-0.39, 0.29) is 5.75 Å². The molecule has 2 aromatic rings. The van der Waals surface area contributed by atoms with E-state index in [1.165, 1.54) is 6.07 Å². The number of hydrogen-bond acceptors (Lipinski definition) is 5. The minimum atomic E-state index is -1.30. The third kappa shape index (κ3) is 6.08. The third-order valence-corrected chi connectivity index (χ3v) is 9.36. The Bertz CT molecular complexity index is 1490. The average Bonchev–Trinajstić information content (AvgIpc) is 3.23. The summed E-state index contributed by atoms with van der Waals surface area (Å²) in [4.78, 5) is 42.7. The molecule has 0 radical (unpaired) electrons. The van der Waals surface area contributed by atoms with Crippen molar-refractivity contribution in [1.82, 2.24) is 9.80 Å². The quantitative estimate of drug-likeness (QED) is 0.453. The molecule has 5 rings (SSSR count). The molecule has 2 amide bonds. The Labute approximate surface area is 259 Å². The lowest BCUT2D eigenvalue weighted by Gasteiger charge is -2.31. The van der Waals surface area contributed by atoms with Gasteiger partial charge >= 0.3 is 17.8 Å². The van der Waals surface area contributed by atoms with Gasteiger partial charge in [0, 0.05) is 37.3 Å². The molecule has 3 aliphatic rings. The highest BCUT2D eigenvalue weighted by Gasteiger charge is 2.36. The second kappa shape index (κ2) is 12.5. The van der Waals surface area contributed by atoms with Gasteiger partial charge in [-0.1, -0.05) is 0 Å². The zero-order chi connectivity index (χ0) is 31.9. The van der Waals surface area contributed by atoms with E-state index >= 15 is 4.39 Å². The van der Waals surface area contributed by atoms with Gasteiger partial charge in [-0.2, -0.15) is 0 Å². The number of nitrogens with zero attached hydrogens (tertiary/aromatic N) is 2. The third-order valence-electron chi connectivity index (χ3n) is 9.36. The first-order chi connectivity index (χ1) is 20.8. The fourth-order valence-corrected chi connectivity index (χ4v) is 7.19. The smallest absolute Gasteiger partial charge is 0.337 e. The number of rotatable bonds is 4. The van der Waals surface area contributed by atoms with Gasteiger partial charge in [0.05, 0.1) is 12.2 Å². The molecular formula is C35H45FN2O6. The number of carbonyl (C=O) groups excluding carboxylic acids is 2. The number of amides is 2. The minimum Gasteiger partial charge on any atom is -0.490 e. The summed E-state index contributed by atoms with van der Waals surface area (Å²) in [5.74, 6) is -2.24. The number of carbonyl (C=O) groups is 3. The number of fused-ring (bicyclic) bond motifs is 2. The van der Waals surface area contributed by atoms with Crippen LogP contribution in [0.2, 0.25) is 0 Å². The van der Waals surface area contributed by atoms with Crippen molar-refractivity contribution in [2.75, 3.05) is 32.8 Å². The Kier molecular flexibility index (Phi) is 9.08. The van der Waals surface area contributed by atoms with Gasteiger partial charge in [0.2, 0.25) is 0 Å². The SMILES string of the molecule is Cc1c(-c2c(C)c3c(c(C)c2[C@H](OC(C)(C)C)C(=O)O)CCN(C(=O)C(=O)N2CCCCC2)CC3)cc(F)c2c1CCCO2. The number of carboxylic acids is 1. The van der Waals surface area contributed by atoms with Crippen molar-refractivity contribution in [1.29, 1.82) is 0 Å². The summed E-state index contributed by atoms with van der Waals surface area (Å²) in [6.45, 7) is 13.7. The summed E-state index contributed by atoms with van der Waals surface area (Å²) in [6, 6.07) is 1.47. The molecule has 0 saturated carbocycles. The zero-order valence-electron chi connectivity index (χ0n) is 26.9. The van der Waals surface area contributed by atoms with Crippen LogP contribution in [0.3, 0.4) is 0 Å². The van der Waals surface area contributed by atoms with E-state index in [0.717, 1.165) is 59.1 Å². The predicted octanol–water partition coefficient (Wildman–Crippen LogP) is 5.62. The van der Waals surface area contributed by atoms with Gasteiger partial charge in [-0.25, -0.2) is 9.18 Å². The standard InChI is InChI=1S/C35H45FN2O6/c1-20-25-11-10-18-43-30(25)27(36)19-26(20)28-21(2)23-12-16-38(33(40)32(39)37-14-8-7-9-15-37)17-13-24(23)22(3)29(28)31(34(41)42)44-35(4,5)6/h19,31H,7-18H2,1-6H3,(H,41,42)/t31-/m0/s1. The van der Waals surface area contributed by atoms with Gasteiger partial charge in [-0.15, -0.1) is 0 Å². The molecule has 8 nitrogen and oxygen atoms in total. The van der Waals surface area contributed by atoms with Crippen LogP contribution in [0.4, 0.5) is 4.39 Å². The summed E-state index contributed by atoms with van der Waals surface area (Å²) < 4.78 is 27.5. The molecule has 0 bridgehead atoms. The molecule has 0 aliphatic carbocycles. The number of hydrogen-bond donors (Lipinski definition) is 1. The number of likely N-dealkylation sites (tertiary alicyclic amines) is 1. The maximum absolute atomic E-state index is 15.6. The van der Waals surface area contributed by atoms with E-state index in [4.69, 9.17) is 9.47 Å². The van der Waals surface area contributed by atoms with E-state index in [2.05, 4.69) is 0 Å². The maximum Gasteiger partial charge on any atom is 0.337 e. The van der Waals surface area contributed by atoms with Gasteiger partial charge < -0.3 is 24.4 Å². The monoisotopic (exact) mass is 608 g/mol. The van der Waals surface area contributed by atoms with Crippen LogP contribution in [0.15, 0.2) is 6.07 Å². The number of aliphatic carboxylic acids is 1. The Balaban J connectivity index is 1.65. The molecule has 2 aromatic carbocycles. The van der Waals surface area contributed by atoms with Crippen LogP contribution in [-0.4, -0.2) is 71.1 Å². The first-order valence-electron chi connectivity index (χ1n) is 15.9. The van der Waals surface area contributed by atoms with Crippen LogP contribution in [-0.2, 0) is 38.4 Å². The average molecular weight is 609 g/mol. The molecule has 238 valence electrons. The second-order valence-corrected chi connectivity index (χ2v) is 13.4. The molecular weight excluding hydrogens is 563 g/mol. The van der Waals surface area contributed by atoms with Gasteiger partial charge in [-0.05, 0) is 131 Å². The van der Waals surface area contributed by atoms with Crippen LogP contribution in [0.1, 0.15) is 91.5 Å². The summed E-state index contributed by atoms with van der Waals surface area (Å²) in [6.07, 6.45) is 4.00. The van der Waals surface area contributed by atoms with Gasteiger partial charge in [-0.3, -0.25) is 9.59 Å². The van der Waals surface area contributed by atoms with Gasteiger partial charge in [0.15, 0.2) is 17.7 Å². The van der Waals surface area contributed by atoms with E-state index < -0.39 is 35.3 Å². The summed E-state index contributed by atoms with van der Waals surface area (Å²) >= 11 is 0. The van der Waals surface area contributed by atoms with Crippen molar-refractivity contribution in [3.8, 4) is 16.9 Å². The molecule has 1 atom stereocenters. The molecule has 1 fully saturated rings. The molecule has 0 unspecified atom stereocenters. The molecule has 3 aliphatic heterocycles. The maximum atomic E-state index is 15.6. The van der Waals surface area contributed by atoms with Crippen molar-refractivity contribution in [3.63, 3.8) is 0 Å². The van der Waals surface area contributed by atoms with Crippen LogP contribution >= 0.6 is 0 Å². The molecule has 1 N–H and O–H groups in total. The van der Waals surface area contributed by atoms with Crippen molar-refractivity contribution in [2.24, 2.45) is 0 Å². The Morgan fingerprint density at radius 2 is 1.43 bits per heavy atom. The van der Waals surface area contributed by atoms with Crippen LogP contribution in [0.5, 0.6) is 5.75 Å². The van der Waals surface area contributed by atoms with E-state index in [1.807, 2.05) is 41.5 Å². The lowest BCUT2D eigenvalue weighted by Crippen LogP contribution is -2.47. The first-order valence-corrected chi connectivity index (χ1v) is 15.9. The highest BCUT2D eigenvalue weighted by Crippen LogP contribution is 2.45. The largest absolute Gasteiger partial charge is 0.490 e. The minimum absolute atomic E-state index is 0.274. The lowest BCUT2D eigenvalue weighted by molar-refractivity contribution is -0.160. The fourth-order valence-electron chi connectivity index (χ4n) is 7.19. The summed E-state index contributed by atoms with van der Waals surface area (Å²) in [5, 5.41) is 10.5. The second-order valence-electron chi connectivity index (χ2n) is 13.4. The van der Waals surface area contributed by atoms with Gasteiger partial charge in [0.1, 0.15) is 0 Å². The topological polar surface area (TPSA) is 96.4 Å². The first kappa shape index (κ1) is 31.9. The van der Waals surface area contributed by atoms with Crippen molar-refractivity contribution in [2.45, 2.75) is 98.2 Å². The van der Waals surface area contributed by atoms with Crippen molar-refractivity contribution < 1.29 is 33.4 Å². The Morgan fingerprint density at radius 1 is 0.841 bits per heavy atom. The van der Waals surface area contributed by atoms with E-state index in [1.54, 1.807) is 9.80 Å². The molecule has 3 heterocycles. The highest BCUT2D eigenvalue weighted by atomic mass is 19.1. The summed E-state index contributed by atoms with van der Waals surface area (Å²) in [7, 11) is 0. The van der Waals surface area contributed by atoms with Gasteiger partial charge in [0.25, 0.3) is 0 Å². The van der Waals surface area contributed by atoms with E-state index in [0.29, 0.717) is 68.7 Å². The number of halogens is 1. The zero-order valence-corrected chi connectivity index (χ0v) is 26.9. The van der Waals surface area contributed by atoms with Crippen molar-refractivity contribution >= 4 is 17.8 Å². The van der Waals surface area contributed by atoms with Crippen molar-refractivity contribution in [3.05, 3.63) is 50.8 Å². The highest BCUT2D eigenvalue weighted by molar-refractivity contribution is 6.34. The number of benzene rings is 2. The molecule has 0 spiro atoms. The number of piperidine rings is 1. The van der Waals surface area contributed by atoms with Crippen LogP contribution in [0, 0.1) is 26.6 Å². The summed E-state index contributed by atoms with van der Waals surface area (Å²) in [5.41, 5.74) is 6.28. The molecule has 9 heteroatoms. The molecule has 0 aromatic heterocycles. The fraction of sp³-hybridized carbons (Fsp3) is 0.571.